The maximum absolute atomic E-state index is 12.7. The summed E-state index contributed by atoms with van der Waals surface area (Å²) < 4.78 is 46.7. The first-order valence-corrected chi connectivity index (χ1v) is 8.81. The van der Waals surface area contributed by atoms with Crippen LogP contribution in [0.3, 0.4) is 0 Å². The molecule has 1 N–H and O–H groups in total. The summed E-state index contributed by atoms with van der Waals surface area (Å²) in [6.45, 7) is 7.10. The predicted octanol–water partition coefficient (Wildman–Crippen LogP) is 2.84. The summed E-state index contributed by atoms with van der Waals surface area (Å²) in [5, 5.41) is 3.04. The first-order chi connectivity index (χ1) is 12.5. The molecule has 6 nitrogen and oxygen atoms in total. The van der Waals surface area contributed by atoms with Crippen molar-refractivity contribution < 1.29 is 27.4 Å². The third-order valence-electron chi connectivity index (χ3n) is 4.57. The zero-order valence-corrected chi connectivity index (χ0v) is 16.0. The topological polar surface area (TPSA) is 63.7 Å². The number of alkyl halides is 3. The molecule has 152 valence electrons. The van der Waals surface area contributed by atoms with Gasteiger partial charge < -0.3 is 19.7 Å². The van der Waals surface area contributed by atoms with Crippen molar-refractivity contribution in [3.05, 3.63) is 18.3 Å². The minimum atomic E-state index is -4.85. The standard InChI is InChI=1S/C18H26F3N3O3/c1-12-10-24(4)9-7-13(12)23-16(25)17(2,3)11-26-15-14(6-5-8-22-15)27-18(19,20)21/h5-6,8,12-13H,7,9-11H2,1-4H3,(H,23,25)/t12-,13-/m0/s1. The molecule has 0 spiro atoms. The number of aromatic nitrogens is 1. The van der Waals surface area contributed by atoms with Crippen LogP contribution < -0.4 is 14.8 Å². The maximum atomic E-state index is 12.7. The molecular weight excluding hydrogens is 363 g/mol. The monoisotopic (exact) mass is 389 g/mol. The molecule has 1 aromatic rings. The van der Waals surface area contributed by atoms with Crippen LogP contribution in [0.5, 0.6) is 11.6 Å². The maximum Gasteiger partial charge on any atom is 0.573 e. The van der Waals surface area contributed by atoms with Crippen LogP contribution in [-0.2, 0) is 4.79 Å². The van der Waals surface area contributed by atoms with E-state index in [1.165, 1.54) is 12.3 Å². The van der Waals surface area contributed by atoms with Crippen molar-refractivity contribution in [2.75, 3.05) is 26.7 Å². The Hall–Kier alpha value is -2.03. The highest BCUT2D eigenvalue weighted by Gasteiger charge is 2.35. The van der Waals surface area contributed by atoms with Crippen LogP contribution in [0, 0.1) is 11.3 Å². The normalized spacial score (nSPS) is 21.6. The van der Waals surface area contributed by atoms with Crippen LogP contribution >= 0.6 is 0 Å². The zero-order valence-electron chi connectivity index (χ0n) is 16.0. The second kappa shape index (κ2) is 8.33. The molecule has 1 saturated heterocycles. The Balaban J connectivity index is 1.97. The molecule has 1 aromatic heterocycles. The minimum Gasteiger partial charge on any atom is -0.474 e. The fourth-order valence-corrected chi connectivity index (χ4v) is 2.93. The number of hydrogen-bond acceptors (Lipinski definition) is 5. The molecule has 0 unspecified atom stereocenters. The molecule has 27 heavy (non-hydrogen) atoms. The average molecular weight is 389 g/mol. The molecule has 0 aliphatic carbocycles. The second-order valence-corrected chi connectivity index (χ2v) is 7.64. The number of likely N-dealkylation sites (tertiary alicyclic amines) is 1. The van der Waals surface area contributed by atoms with Crippen molar-refractivity contribution in [3.8, 4) is 11.6 Å². The van der Waals surface area contributed by atoms with Gasteiger partial charge in [0.25, 0.3) is 5.88 Å². The first-order valence-electron chi connectivity index (χ1n) is 8.81. The van der Waals surface area contributed by atoms with Gasteiger partial charge in [0.1, 0.15) is 6.61 Å². The number of hydrogen-bond donors (Lipinski definition) is 1. The molecule has 1 amide bonds. The largest absolute Gasteiger partial charge is 0.573 e. The fraction of sp³-hybridized carbons (Fsp3) is 0.667. The molecule has 0 aromatic carbocycles. The van der Waals surface area contributed by atoms with E-state index in [1.807, 2.05) is 7.05 Å². The number of piperidine rings is 1. The molecule has 0 bridgehead atoms. The van der Waals surface area contributed by atoms with Crippen molar-refractivity contribution in [1.29, 1.82) is 0 Å². The molecule has 2 rings (SSSR count). The smallest absolute Gasteiger partial charge is 0.474 e. The number of halogens is 3. The van der Waals surface area contributed by atoms with E-state index in [2.05, 4.69) is 26.9 Å². The van der Waals surface area contributed by atoms with Gasteiger partial charge in [0.15, 0.2) is 5.75 Å². The number of nitrogens with one attached hydrogen (secondary N) is 1. The van der Waals surface area contributed by atoms with Crippen LogP contribution in [0.25, 0.3) is 0 Å². The number of carbonyl (C=O) groups is 1. The molecule has 2 heterocycles. The second-order valence-electron chi connectivity index (χ2n) is 7.64. The van der Waals surface area contributed by atoms with E-state index in [9.17, 15) is 18.0 Å². The summed E-state index contributed by atoms with van der Waals surface area (Å²) in [6.07, 6.45) is -2.70. The van der Waals surface area contributed by atoms with E-state index in [-0.39, 0.29) is 24.4 Å². The van der Waals surface area contributed by atoms with Gasteiger partial charge in [-0.05, 0) is 51.9 Å². The van der Waals surface area contributed by atoms with Crippen LogP contribution in [0.4, 0.5) is 13.2 Å². The summed E-state index contributed by atoms with van der Waals surface area (Å²) in [4.78, 5) is 18.6. The van der Waals surface area contributed by atoms with Crippen LogP contribution in [0.15, 0.2) is 18.3 Å². The Kier molecular flexibility index (Phi) is 6.56. The number of rotatable bonds is 6. The Morgan fingerprint density at radius 1 is 1.41 bits per heavy atom. The van der Waals surface area contributed by atoms with Gasteiger partial charge in [-0.25, -0.2) is 4.98 Å². The number of nitrogens with zero attached hydrogens (tertiary/aromatic N) is 2. The van der Waals surface area contributed by atoms with Crippen molar-refractivity contribution in [2.45, 2.75) is 39.6 Å². The summed E-state index contributed by atoms with van der Waals surface area (Å²) in [5.74, 6) is -0.737. The lowest BCUT2D eigenvalue weighted by Crippen LogP contribution is -2.52. The number of amides is 1. The Morgan fingerprint density at radius 2 is 2.11 bits per heavy atom. The molecule has 1 aliphatic heterocycles. The van der Waals surface area contributed by atoms with Crippen LogP contribution in [0.1, 0.15) is 27.2 Å². The van der Waals surface area contributed by atoms with Crippen molar-refractivity contribution in [1.82, 2.24) is 15.2 Å². The van der Waals surface area contributed by atoms with Gasteiger partial charge in [0.05, 0.1) is 5.41 Å². The third kappa shape index (κ3) is 6.27. The van der Waals surface area contributed by atoms with Gasteiger partial charge in [-0.2, -0.15) is 0 Å². The lowest BCUT2D eigenvalue weighted by atomic mass is 9.89. The van der Waals surface area contributed by atoms with Gasteiger partial charge >= 0.3 is 6.36 Å². The summed E-state index contributed by atoms with van der Waals surface area (Å²) in [6, 6.07) is 2.49. The third-order valence-corrected chi connectivity index (χ3v) is 4.57. The van der Waals surface area contributed by atoms with Crippen LogP contribution in [-0.4, -0.2) is 54.9 Å². The molecular formula is C18H26F3N3O3. The Labute approximate surface area is 157 Å². The predicted molar refractivity (Wildman–Crippen MR) is 93.4 cm³/mol. The number of pyridine rings is 1. The van der Waals surface area contributed by atoms with Gasteiger partial charge in [-0.1, -0.05) is 6.92 Å². The first kappa shape index (κ1) is 21.3. The molecule has 1 aliphatic rings. The Morgan fingerprint density at radius 3 is 2.74 bits per heavy atom. The van der Waals surface area contributed by atoms with E-state index in [0.29, 0.717) is 5.92 Å². The number of carbonyl (C=O) groups excluding carboxylic acids is 1. The van der Waals surface area contributed by atoms with Gasteiger partial charge in [0, 0.05) is 18.8 Å². The van der Waals surface area contributed by atoms with Crippen LogP contribution in [0.2, 0.25) is 0 Å². The lowest BCUT2D eigenvalue weighted by molar-refractivity contribution is -0.275. The van der Waals surface area contributed by atoms with E-state index < -0.39 is 17.5 Å². The summed E-state index contributed by atoms with van der Waals surface area (Å²) in [7, 11) is 2.04. The average Bonchev–Trinajstić information content (AvgIpc) is 2.55. The molecule has 0 radical (unpaired) electrons. The number of ether oxygens (including phenoxy) is 2. The van der Waals surface area contributed by atoms with E-state index >= 15 is 0 Å². The van der Waals surface area contributed by atoms with E-state index in [0.717, 1.165) is 25.6 Å². The molecule has 2 atom stereocenters. The SMILES string of the molecule is C[C@H]1CN(C)CC[C@@H]1NC(=O)C(C)(C)COc1ncccc1OC(F)(F)F. The van der Waals surface area contributed by atoms with E-state index in [4.69, 9.17) is 4.74 Å². The van der Waals surface area contributed by atoms with Crippen molar-refractivity contribution in [2.24, 2.45) is 11.3 Å². The lowest BCUT2D eigenvalue weighted by Gasteiger charge is -2.37. The van der Waals surface area contributed by atoms with Gasteiger partial charge in [-0.3, -0.25) is 4.79 Å². The molecule has 9 heteroatoms. The van der Waals surface area contributed by atoms with Gasteiger partial charge in [0.2, 0.25) is 5.91 Å². The quantitative estimate of drug-likeness (QED) is 0.811. The highest BCUT2D eigenvalue weighted by molar-refractivity contribution is 5.82. The van der Waals surface area contributed by atoms with Crippen molar-refractivity contribution in [3.63, 3.8) is 0 Å². The van der Waals surface area contributed by atoms with E-state index in [1.54, 1.807) is 13.8 Å². The highest BCUT2D eigenvalue weighted by atomic mass is 19.4. The highest BCUT2D eigenvalue weighted by Crippen LogP contribution is 2.31. The summed E-state index contributed by atoms with van der Waals surface area (Å²) >= 11 is 0. The van der Waals surface area contributed by atoms with Gasteiger partial charge in [-0.15, -0.1) is 13.2 Å². The summed E-state index contributed by atoms with van der Waals surface area (Å²) in [5.41, 5.74) is -0.948. The Bertz CT molecular complexity index is 652. The minimum absolute atomic E-state index is 0.0620. The molecule has 0 saturated carbocycles. The molecule has 1 fully saturated rings. The zero-order chi connectivity index (χ0) is 20.2. The fourth-order valence-electron chi connectivity index (χ4n) is 2.93. The van der Waals surface area contributed by atoms with Crippen molar-refractivity contribution >= 4 is 5.91 Å².